The van der Waals surface area contributed by atoms with Gasteiger partial charge >= 0.3 is 16.3 Å². The summed E-state index contributed by atoms with van der Waals surface area (Å²) >= 11 is 0. The molecule has 1 rings (SSSR count). The third kappa shape index (κ3) is 5.01. The lowest BCUT2D eigenvalue weighted by Crippen LogP contribution is -2.11. The van der Waals surface area contributed by atoms with Crippen molar-refractivity contribution in [2.45, 2.75) is 12.6 Å². The van der Waals surface area contributed by atoms with Gasteiger partial charge in [0.25, 0.3) is 0 Å². The van der Waals surface area contributed by atoms with E-state index >= 15 is 0 Å². The zero-order valence-electron chi connectivity index (χ0n) is 8.28. The van der Waals surface area contributed by atoms with Crippen LogP contribution in [-0.2, 0) is 16.5 Å². The van der Waals surface area contributed by atoms with Gasteiger partial charge in [-0.2, -0.15) is 21.6 Å². The Bertz CT molecular complexity index is 448. The summed E-state index contributed by atoms with van der Waals surface area (Å²) < 4.78 is 61.9. The van der Waals surface area contributed by atoms with Crippen molar-refractivity contribution >= 4 is 10.1 Å². The van der Waals surface area contributed by atoms with E-state index in [1.54, 1.807) is 0 Å². The number of rotatable bonds is 3. The first kappa shape index (κ1) is 12.8. The van der Waals surface area contributed by atoms with Gasteiger partial charge < -0.3 is 4.18 Å². The van der Waals surface area contributed by atoms with E-state index in [-0.39, 0.29) is 11.3 Å². The van der Waals surface area contributed by atoms with Crippen LogP contribution in [0.2, 0.25) is 0 Å². The van der Waals surface area contributed by atoms with Crippen LogP contribution >= 0.6 is 0 Å². The molecule has 0 radical (unpaired) electrons. The van der Waals surface area contributed by atoms with E-state index in [1.807, 2.05) is 0 Å². The van der Waals surface area contributed by atoms with Gasteiger partial charge in [-0.25, -0.2) is 0 Å². The molecule has 1 aromatic carbocycles. The Hall–Kier alpha value is -1.24. The summed E-state index contributed by atoms with van der Waals surface area (Å²) in [5, 5.41) is 0. The molecule has 0 saturated carbocycles. The van der Waals surface area contributed by atoms with Gasteiger partial charge in [0, 0.05) is 0 Å². The summed E-state index contributed by atoms with van der Waals surface area (Å²) in [6.07, 6.45) is -4.47. The maximum absolute atomic E-state index is 12.0. The summed E-state index contributed by atoms with van der Waals surface area (Å²) in [5.41, 5.74) is 0.0494. The predicted octanol–water partition coefficient (Wildman–Crippen LogP) is 2.13. The van der Waals surface area contributed by atoms with Gasteiger partial charge in [-0.05, 0) is 17.7 Å². The highest BCUT2D eigenvalue weighted by molar-refractivity contribution is 7.86. The molecule has 0 atom stereocenters. The van der Waals surface area contributed by atoms with Crippen molar-refractivity contribution < 1.29 is 25.8 Å². The maximum Gasteiger partial charge on any atom is 0.393 e. The Balaban J connectivity index is 2.76. The molecule has 0 aliphatic carbocycles. The first-order valence-electron chi connectivity index (χ1n) is 4.21. The summed E-state index contributed by atoms with van der Waals surface area (Å²) in [7, 11) is -3.65. The largest absolute Gasteiger partial charge is 0.393 e. The molecular formula is C9H9F3O3S. The third-order valence-corrected chi connectivity index (χ3v) is 2.07. The van der Waals surface area contributed by atoms with Gasteiger partial charge in [-0.15, -0.1) is 0 Å². The number of alkyl halides is 3. The van der Waals surface area contributed by atoms with E-state index in [2.05, 4.69) is 4.18 Å². The quantitative estimate of drug-likeness (QED) is 0.776. The summed E-state index contributed by atoms with van der Waals surface area (Å²) in [5.74, 6) is -0.00609. The fraction of sp³-hybridized carbons (Fsp3) is 0.333. The molecule has 0 unspecified atom stereocenters. The second-order valence-electron chi connectivity index (χ2n) is 3.22. The highest BCUT2D eigenvalue weighted by Crippen LogP contribution is 2.22. The molecule has 0 spiro atoms. The van der Waals surface area contributed by atoms with Crippen molar-refractivity contribution in [1.82, 2.24) is 0 Å². The molecule has 0 saturated heterocycles. The topological polar surface area (TPSA) is 43.4 Å². The fourth-order valence-corrected chi connectivity index (χ4v) is 1.53. The van der Waals surface area contributed by atoms with Crippen molar-refractivity contribution in [2.24, 2.45) is 0 Å². The van der Waals surface area contributed by atoms with Crippen molar-refractivity contribution in [3.63, 3.8) is 0 Å². The van der Waals surface area contributed by atoms with E-state index in [1.165, 1.54) is 24.3 Å². The van der Waals surface area contributed by atoms with Crippen LogP contribution in [0.1, 0.15) is 5.56 Å². The standard InChI is InChI=1S/C9H9F3O3S/c1-16(13,14)15-8-4-2-7(3-5-8)6-9(10,11)12/h2-5H,6H2,1H3. The maximum atomic E-state index is 12.0. The average molecular weight is 254 g/mol. The summed E-state index contributed by atoms with van der Waals surface area (Å²) in [6, 6.07) is 4.71. The molecule has 0 bridgehead atoms. The molecule has 7 heteroatoms. The average Bonchev–Trinajstić information content (AvgIpc) is 2.03. The lowest BCUT2D eigenvalue weighted by atomic mass is 10.1. The first-order chi connectivity index (χ1) is 7.16. The minimum Gasteiger partial charge on any atom is -0.383 e. The second kappa shape index (κ2) is 4.32. The molecular weight excluding hydrogens is 245 g/mol. The van der Waals surface area contributed by atoms with Crippen LogP contribution in [0.4, 0.5) is 13.2 Å². The van der Waals surface area contributed by atoms with Crippen LogP contribution in [-0.4, -0.2) is 20.8 Å². The van der Waals surface area contributed by atoms with Gasteiger partial charge in [0.15, 0.2) is 0 Å². The van der Waals surface area contributed by atoms with Crippen LogP contribution in [0.15, 0.2) is 24.3 Å². The van der Waals surface area contributed by atoms with Crippen molar-refractivity contribution in [3.05, 3.63) is 29.8 Å². The lowest BCUT2D eigenvalue weighted by molar-refractivity contribution is -0.127. The summed E-state index contributed by atoms with van der Waals surface area (Å²) in [6.45, 7) is 0. The van der Waals surface area contributed by atoms with Gasteiger partial charge in [0.05, 0.1) is 12.7 Å². The van der Waals surface area contributed by atoms with Crippen LogP contribution < -0.4 is 4.18 Å². The van der Waals surface area contributed by atoms with Gasteiger partial charge in [0.1, 0.15) is 5.75 Å². The van der Waals surface area contributed by atoms with Gasteiger partial charge in [-0.1, -0.05) is 12.1 Å². The molecule has 0 amide bonds. The van der Waals surface area contributed by atoms with Crippen LogP contribution in [0, 0.1) is 0 Å². The van der Waals surface area contributed by atoms with E-state index < -0.39 is 22.7 Å². The lowest BCUT2D eigenvalue weighted by Gasteiger charge is -2.07. The fourth-order valence-electron chi connectivity index (χ4n) is 1.07. The zero-order chi connectivity index (χ0) is 12.4. The normalized spacial score (nSPS) is 12.5. The Morgan fingerprint density at radius 3 is 2.06 bits per heavy atom. The van der Waals surface area contributed by atoms with E-state index in [4.69, 9.17) is 0 Å². The monoisotopic (exact) mass is 254 g/mol. The molecule has 0 aliphatic heterocycles. The van der Waals surface area contributed by atoms with Crippen molar-refractivity contribution in [2.75, 3.05) is 6.26 Å². The zero-order valence-corrected chi connectivity index (χ0v) is 9.10. The molecule has 90 valence electrons. The van der Waals surface area contributed by atoms with E-state index in [0.717, 1.165) is 6.26 Å². The van der Waals surface area contributed by atoms with Crippen molar-refractivity contribution in [1.29, 1.82) is 0 Å². The molecule has 0 heterocycles. The van der Waals surface area contributed by atoms with Crippen LogP contribution in [0.5, 0.6) is 5.75 Å². The SMILES string of the molecule is CS(=O)(=O)Oc1ccc(CC(F)(F)F)cc1. The van der Waals surface area contributed by atoms with Gasteiger partial charge in [-0.3, -0.25) is 0 Å². The smallest absolute Gasteiger partial charge is 0.383 e. The molecule has 3 nitrogen and oxygen atoms in total. The number of hydrogen-bond acceptors (Lipinski definition) is 3. The summed E-state index contributed by atoms with van der Waals surface area (Å²) in [4.78, 5) is 0. The van der Waals surface area contributed by atoms with E-state index in [9.17, 15) is 21.6 Å². The Kier molecular flexibility index (Phi) is 3.47. The highest BCUT2D eigenvalue weighted by Gasteiger charge is 2.27. The Morgan fingerprint density at radius 2 is 1.69 bits per heavy atom. The van der Waals surface area contributed by atoms with E-state index in [0.29, 0.717) is 0 Å². The minimum absolute atomic E-state index is 0.00609. The molecule has 0 N–H and O–H groups in total. The number of halogens is 3. The number of benzene rings is 1. The Morgan fingerprint density at radius 1 is 1.19 bits per heavy atom. The minimum atomic E-state index is -4.28. The predicted molar refractivity (Wildman–Crippen MR) is 51.7 cm³/mol. The van der Waals surface area contributed by atoms with Crippen LogP contribution in [0.25, 0.3) is 0 Å². The molecule has 0 aliphatic rings. The Labute approximate surface area is 91.0 Å². The number of hydrogen-bond donors (Lipinski definition) is 0. The molecule has 0 aromatic heterocycles. The highest BCUT2D eigenvalue weighted by atomic mass is 32.2. The first-order valence-corrected chi connectivity index (χ1v) is 6.02. The van der Waals surface area contributed by atoms with Gasteiger partial charge in [0.2, 0.25) is 0 Å². The third-order valence-electron chi connectivity index (χ3n) is 1.58. The van der Waals surface area contributed by atoms with Crippen LogP contribution in [0.3, 0.4) is 0 Å². The van der Waals surface area contributed by atoms with Crippen molar-refractivity contribution in [3.8, 4) is 5.75 Å². The molecule has 1 aromatic rings. The molecule has 16 heavy (non-hydrogen) atoms. The molecule has 0 fully saturated rings. The second-order valence-corrected chi connectivity index (χ2v) is 4.80.